The van der Waals surface area contributed by atoms with Crippen molar-refractivity contribution in [2.45, 2.75) is 52.5 Å². The molecule has 0 saturated heterocycles. The highest BCUT2D eigenvalue weighted by molar-refractivity contribution is 6.60. The highest BCUT2D eigenvalue weighted by atomic mass is 35.5. The first-order valence-corrected chi connectivity index (χ1v) is 9.19. The highest BCUT2D eigenvalue weighted by Crippen LogP contribution is 2.20. The van der Waals surface area contributed by atoms with Crippen molar-refractivity contribution in [2.24, 2.45) is 0 Å². The molecule has 0 aromatic heterocycles. The Morgan fingerprint density at radius 2 is 1.24 bits per heavy atom. The lowest BCUT2D eigenvalue weighted by atomic mass is 10.2. The molecule has 0 aromatic rings. The molecule has 0 amide bonds. The van der Waals surface area contributed by atoms with Gasteiger partial charge >= 0.3 is 8.80 Å². The fourth-order valence-electron chi connectivity index (χ4n) is 1.79. The number of hydrogen-bond acceptors (Lipinski definition) is 3. The van der Waals surface area contributed by atoms with E-state index < -0.39 is 8.80 Å². The first-order chi connectivity index (χ1) is 8.24. The summed E-state index contributed by atoms with van der Waals surface area (Å²) in [6.45, 7) is 7.96. The number of halogens is 1. The van der Waals surface area contributed by atoms with Crippen LogP contribution in [0.5, 0.6) is 0 Å². The Kier molecular flexibility index (Phi) is 11.7. The molecule has 0 radical (unpaired) electrons. The van der Waals surface area contributed by atoms with Gasteiger partial charge in [-0.15, -0.1) is 11.6 Å². The molecule has 0 aliphatic rings. The van der Waals surface area contributed by atoms with Crippen LogP contribution in [-0.4, -0.2) is 34.5 Å². The van der Waals surface area contributed by atoms with Gasteiger partial charge in [-0.25, -0.2) is 0 Å². The van der Waals surface area contributed by atoms with E-state index in [9.17, 15) is 0 Å². The fraction of sp³-hybridized carbons (Fsp3) is 1.00. The van der Waals surface area contributed by atoms with Crippen LogP contribution < -0.4 is 0 Å². The SMILES string of the molecule is CCO[Si](CCCCCCCl)(OCC)OCC. The molecule has 0 fully saturated rings. The van der Waals surface area contributed by atoms with Gasteiger partial charge in [-0.3, -0.25) is 0 Å². The summed E-state index contributed by atoms with van der Waals surface area (Å²) in [5.41, 5.74) is 0. The van der Waals surface area contributed by atoms with E-state index in [-0.39, 0.29) is 0 Å². The van der Waals surface area contributed by atoms with Crippen LogP contribution in [0.4, 0.5) is 0 Å². The average molecular weight is 283 g/mol. The quantitative estimate of drug-likeness (QED) is 0.309. The van der Waals surface area contributed by atoms with Crippen molar-refractivity contribution in [3.8, 4) is 0 Å². The summed E-state index contributed by atoms with van der Waals surface area (Å²) in [5.74, 6) is 0.755. The lowest BCUT2D eigenvalue weighted by molar-refractivity contribution is 0.0706. The second-order valence-corrected chi connectivity index (χ2v) is 6.95. The number of rotatable bonds is 12. The average Bonchev–Trinajstić information content (AvgIpc) is 2.30. The number of hydrogen-bond donors (Lipinski definition) is 0. The van der Waals surface area contributed by atoms with E-state index >= 15 is 0 Å². The molecule has 0 unspecified atom stereocenters. The molecule has 0 N–H and O–H groups in total. The normalized spacial score (nSPS) is 12.0. The van der Waals surface area contributed by atoms with Crippen LogP contribution in [0.2, 0.25) is 6.04 Å². The smallest absolute Gasteiger partial charge is 0.374 e. The first kappa shape index (κ1) is 17.4. The van der Waals surface area contributed by atoms with Crippen LogP contribution in [0.15, 0.2) is 0 Å². The van der Waals surface area contributed by atoms with Gasteiger partial charge in [0.15, 0.2) is 0 Å². The maximum absolute atomic E-state index is 5.79. The molecule has 0 aromatic carbocycles. The van der Waals surface area contributed by atoms with Crippen molar-refractivity contribution in [2.75, 3.05) is 25.7 Å². The van der Waals surface area contributed by atoms with Crippen molar-refractivity contribution in [3.63, 3.8) is 0 Å². The Bertz CT molecular complexity index is 153. The Balaban J connectivity index is 4.05. The Hall–Kier alpha value is 0.387. The van der Waals surface area contributed by atoms with E-state index in [4.69, 9.17) is 24.9 Å². The zero-order valence-corrected chi connectivity index (χ0v) is 13.2. The summed E-state index contributed by atoms with van der Waals surface area (Å²) in [4.78, 5) is 0. The lowest BCUT2D eigenvalue weighted by Gasteiger charge is -2.28. The number of unbranched alkanes of at least 4 members (excludes halogenated alkanes) is 3. The van der Waals surface area contributed by atoms with E-state index in [1.165, 1.54) is 12.8 Å². The van der Waals surface area contributed by atoms with Crippen LogP contribution in [0, 0.1) is 0 Å². The van der Waals surface area contributed by atoms with E-state index in [0.29, 0.717) is 19.8 Å². The minimum absolute atomic E-state index is 0.661. The van der Waals surface area contributed by atoms with Crippen molar-refractivity contribution in [1.29, 1.82) is 0 Å². The second kappa shape index (κ2) is 11.5. The predicted molar refractivity (Wildman–Crippen MR) is 74.6 cm³/mol. The van der Waals surface area contributed by atoms with Gasteiger partial charge in [0.05, 0.1) is 0 Å². The van der Waals surface area contributed by atoms with E-state index in [2.05, 4.69) is 0 Å². The zero-order chi connectivity index (χ0) is 13.0. The van der Waals surface area contributed by atoms with E-state index in [0.717, 1.165) is 24.8 Å². The molecule has 0 atom stereocenters. The summed E-state index contributed by atoms with van der Waals surface area (Å²) in [6, 6.07) is 0.921. The van der Waals surface area contributed by atoms with Gasteiger partial charge in [0.1, 0.15) is 0 Å². The molecule has 3 nitrogen and oxygen atoms in total. The topological polar surface area (TPSA) is 27.7 Å². The Morgan fingerprint density at radius 1 is 0.765 bits per heavy atom. The zero-order valence-electron chi connectivity index (χ0n) is 11.5. The van der Waals surface area contributed by atoms with Crippen LogP contribution in [-0.2, 0) is 13.3 Å². The monoisotopic (exact) mass is 282 g/mol. The van der Waals surface area contributed by atoms with Gasteiger partial charge in [0.2, 0.25) is 0 Å². The predicted octanol–water partition coefficient (Wildman–Crippen LogP) is 3.83. The molecule has 0 spiro atoms. The van der Waals surface area contributed by atoms with Crippen LogP contribution in [0.25, 0.3) is 0 Å². The standard InChI is InChI=1S/C12H27ClO3Si/c1-4-14-17(15-5-2,16-6-3)12-10-8-7-9-11-13/h4-12H2,1-3H3. The molecule has 0 saturated carbocycles. The highest BCUT2D eigenvalue weighted by Gasteiger charge is 2.39. The summed E-state index contributed by atoms with van der Waals surface area (Å²) < 4.78 is 17.4. The van der Waals surface area contributed by atoms with E-state index in [1.807, 2.05) is 20.8 Å². The minimum atomic E-state index is -2.39. The summed E-state index contributed by atoms with van der Waals surface area (Å²) in [7, 11) is -2.39. The molecule has 0 rings (SSSR count). The third kappa shape index (κ3) is 8.16. The molecule has 17 heavy (non-hydrogen) atoms. The minimum Gasteiger partial charge on any atom is -0.374 e. The first-order valence-electron chi connectivity index (χ1n) is 6.72. The molecule has 5 heteroatoms. The van der Waals surface area contributed by atoms with Gasteiger partial charge in [-0.1, -0.05) is 12.8 Å². The molecular formula is C12H27ClO3Si. The maximum Gasteiger partial charge on any atom is 0.500 e. The third-order valence-corrected chi connectivity index (χ3v) is 5.88. The molecule has 104 valence electrons. The van der Waals surface area contributed by atoms with Gasteiger partial charge in [-0.05, 0) is 33.6 Å². The maximum atomic E-state index is 5.79. The molecule has 0 heterocycles. The Morgan fingerprint density at radius 3 is 1.65 bits per heavy atom. The van der Waals surface area contributed by atoms with Crippen molar-refractivity contribution in [1.82, 2.24) is 0 Å². The van der Waals surface area contributed by atoms with Crippen LogP contribution in [0.3, 0.4) is 0 Å². The van der Waals surface area contributed by atoms with Crippen LogP contribution >= 0.6 is 11.6 Å². The van der Waals surface area contributed by atoms with Crippen molar-refractivity contribution in [3.05, 3.63) is 0 Å². The largest absolute Gasteiger partial charge is 0.500 e. The van der Waals surface area contributed by atoms with Gasteiger partial charge < -0.3 is 13.3 Å². The van der Waals surface area contributed by atoms with Crippen LogP contribution in [0.1, 0.15) is 46.5 Å². The van der Waals surface area contributed by atoms with Gasteiger partial charge in [0.25, 0.3) is 0 Å². The molecule has 0 aliphatic heterocycles. The summed E-state index contributed by atoms with van der Waals surface area (Å²) in [5, 5.41) is 0. The molecular weight excluding hydrogens is 256 g/mol. The van der Waals surface area contributed by atoms with Crippen molar-refractivity contribution >= 4 is 20.4 Å². The van der Waals surface area contributed by atoms with Crippen molar-refractivity contribution < 1.29 is 13.3 Å². The van der Waals surface area contributed by atoms with Gasteiger partial charge in [-0.2, -0.15) is 0 Å². The summed E-state index contributed by atoms with van der Waals surface area (Å²) in [6.07, 6.45) is 4.55. The molecule has 0 aliphatic carbocycles. The summed E-state index contributed by atoms with van der Waals surface area (Å²) >= 11 is 5.65. The lowest BCUT2D eigenvalue weighted by Crippen LogP contribution is -2.45. The van der Waals surface area contributed by atoms with E-state index in [1.54, 1.807) is 0 Å². The third-order valence-electron chi connectivity index (χ3n) is 2.46. The number of alkyl halides is 1. The Labute approximate surface area is 112 Å². The van der Waals surface area contributed by atoms with Gasteiger partial charge in [0, 0.05) is 31.7 Å². The molecule has 0 bridgehead atoms. The second-order valence-electron chi connectivity index (χ2n) is 3.84. The fourth-order valence-corrected chi connectivity index (χ4v) is 4.67.